The molecule has 1 rings (SSSR count). The van der Waals surface area contributed by atoms with Gasteiger partial charge in [0.25, 0.3) is 5.69 Å². The second-order valence-electron chi connectivity index (χ2n) is 5.59. The molecule has 0 atom stereocenters. The molecule has 0 unspecified atom stereocenters. The summed E-state index contributed by atoms with van der Waals surface area (Å²) in [6, 6.07) is 7.11. The molecule has 21 heavy (non-hydrogen) atoms. The molecule has 0 spiro atoms. The molecule has 0 saturated carbocycles. The van der Waals surface area contributed by atoms with Crippen LogP contribution >= 0.6 is 0 Å². The predicted octanol–water partition coefficient (Wildman–Crippen LogP) is 4.12. The fourth-order valence-electron chi connectivity index (χ4n) is 2.53. The van der Waals surface area contributed by atoms with Gasteiger partial charge in [-0.15, -0.1) is 0 Å². The molecule has 0 saturated heterocycles. The molecule has 0 aliphatic heterocycles. The number of hydrogen-bond donors (Lipinski definition) is 0. The van der Waals surface area contributed by atoms with E-state index < -0.39 is 4.92 Å². The lowest BCUT2D eigenvalue weighted by Crippen LogP contribution is -2.37. The summed E-state index contributed by atoms with van der Waals surface area (Å²) in [5, 5.41) is 20.1. The Balaban J connectivity index is 3.28. The highest BCUT2D eigenvalue weighted by molar-refractivity contribution is 5.60. The largest absolute Gasteiger partial charge is 0.368 e. The standard InChI is InChI=1S/C16H23N3O2/c1-5-14(6-2)18(11-12(3)4)15-8-7-13(10-17)16(9-15)19(20)21/h7-9,12,14H,5-6,11H2,1-4H3. The van der Waals surface area contributed by atoms with Crippen molar-refractivity contribution in [1.82, 2.24) is 0 Å². The van der Waals surface area contributed by atoms with Crippen LogP contribution in [0.15, 0.2) is 18.2 Å². The van der Waals surface area contributed by atoms with Crippen LogP contribution in [0.4, 0.5) is 11.4 Å². The van der Waals surface area contributed by atoms with Gasteiger partial charge in [-0.05, 0) is 30.9 Å². The summed E-state index contributed by atoms with van der Waals surface area (Å²) in [5.74, 6) is 0.459. The maximum absolute atomic E-state index is 11.1. The van der Waals surface area contributed by atoms with Crippen molar-refractivity contribution < 1.29 is 4.92 Å². The Labute approximate surface area is 126 Å². The van der Waals surface area contributed by atoms with Crippen LogP contribution in [0.1, 0.15) is 46.1 Å². The van der Waals surface area contributed by atoms with Gasteiger partial charge in [0.2, 0.25) is 0 Å². The zero-order valence-electron chi connectivity index (χ0n) is 13.2. The second kappa shape index (κ2) is 7.63. The second-order valence-corrected chi connectivity index (χ2v) is 5.59. The Morgan fingerprint density at radius 1 is 1.33 bits per heavy atom. The van der Waals surface area contributed by atoms with Gasteiger partial charge >= 0.3 is 0 Å². The van der Waals surface area contributed by atoms with Crippen LogP contribution in [-0.2, 0) is 0 Å². The maximum Gasteiger partial charge on any atom is 0.289 e. The molecule has 5 heteroatoms. The minimum atomic E-state index is -0.484. The van der Waals surface area contributed by atoms with E-state index >= 15 is 0 Å². The van der Waals surface area contributed by atoms with E-state index in [1.807, 2.05) is 12.1 Å². The van der Waals surface area contributed by atoms with Gasteiger partial charge in [0, 0.05) is 24.3 Å². The number of anilines is 1. The average molecular weight is 289 g/mol. The van der Waals surface area contributed by atoms with E-state index in [9.17, 15) is 10.1 Å². The van der Waals surface area contributed by atoms with Crippen LogP contribution in [0, 0.1) is 27.4 Å². The molecule has 1 aromatic rings. The van der Waals surface area contributed by atoms with Crippen LogP contribution in [0.5, 0.6) is 0 Å². The van der Waals surface area contributed by atoms with E-state index in [0.29, 0.717) is 12.0 Å². The number of benzene rings is 1. The van der Waals surface area contributed by atoms with E-state index in [1.165, 1.54) is 6.07 Å². The fourth-order valence-corrected chi connectivity index (χ4v) is 2.53. The van der Waals surface area contributed by atoms with Crippen molar-refractivity contribution in [3.8, 4) is 6.07 Å². The number of nitro groups is 1. The lowest BCUT2D eigenvalue weighted by molar-refractivity contribution is -0.385. The van der Waals surface area contributed by atoms with Crippen molar-refractivity contribution in [2.45, 2.75) is 46.6 Å². The van der Waals surface area contributed by atoms with Crippen LogP contribution in [0.25, 0.3) is 0 Å². The minimum Gasteiger partial charge on any atom is -0.368 e. The first-order chi connectivity index (χ1) is 9.94. The Morgan fingerprint density at radius 2 is 1.95 bits per heavy atom. The van der Waals surface area contributed by atoms with Gasteiger partial charge in [-0.25, -0.2) is 0 Å². The summed E-state index contributed by atoms with van der Waals surface area (Å²) in [5.41, 5.74) is 0.815. The number of nitrogens with zero attached hydrogens (tertiary/aromatic N) is 3. The topological polar surface area (TPSA) is 70.2 Å². The molecule has 0 N–H and O–H groups in total. The Kier molecular flexibility index (Phi) is 6.16. The lowest BCUT2D eigenvalue weighted by Gasteiger charge is -2.34. The summed E-state index contributed by atoms with van der Waals surface area (Å²) in [6.07, 6.45) is 1.97. The highest BCUT2D eigenvalue weighted by Gasteiger charge is 2.21. The molecular formula is C16H23N3O2. The number of nitriles is 1. The van der Waals surface area contributed by atoms with Crippen LogP contribution in [0.2, 0.25) is 0 Å². The predicted molar refractivity (Wildman–Crippen MR) is 84.4 cm³/mol. The van der Waals surface area contributed by atoms with Gasteiger partial charge < -0.3 is 4.90 Å². The van der Waals surface area contributed by atoms with Gasteiger partial charge in [-0.3, -0.25) is 10.1 Å². The first-order valence-corrected chi connectivity index (χ1v) is 7.39. The van der Waals surface area contributed by atoms with E-state index in [4.69, 9.17) is 5.26 Å². The number of hydrogen-bond acceptors (Lipinski definition) is 4. The molecule has 0 heterocycles. The Morgan fingerprint density at radius 3 is 2.38 bits per heavy atom. The molecule has 0 fully saturated rings. The summed E-state index contributed by atoms with van der Waals surface area (Å²) in [4.78, 5) is 12.9. The van der Waals surface area contributed by atoms with Gasteiger partial charge in [0.15, 0.2) is 0 Å². The molecule has 0 aromatic heterocycles. The fraction of sp³-hybridized carbons (Fsp3) is 0.562. The van der Waals surface area contributed by atoms with E-state index in [1.54, 1.807) is 6.07 Å². The van der Waals surface area contributed by atoms with Gasteiger partial charge in [0.1, 0.15) is 11.6 Å². The quantitative estimate of drug-likeness (QED) is 0.559. The highest BCUT2D eigenvalue weighted by atomic mass is 16.6. The summed E-state index contributed by atoms with van der Waals surface area (Å²) < 4.78 is 0. The molecule has 114 valence electrons. The first kappa shape index (κ1) is 17.0. The Bertz CT molecular complexity index is 531. The van der Waals surface area contributed by atoms with Crippen molar-refractivity contribution >= 4 is 11.4 Å². The molecule has 1 aromatic carbocycles. The third-order valence-corrected chi connectivity index (χ3v) is 3.58. The van der Waals surface area contributed by atoms with Crippen molar-refractivity contribution in [3.05, 3.63) is 33.9 Å². The van der Waals surface area contributed by atoms with Crippen LogP contribution < -0.4 is 4.90 Å². The molecule has 0 radical (unpaired) electrons. The maximum atomic E-state index is 11.1. The normalized spacial score (nSPS) is 10.7. The van der Waals surface area contributed by atoms with Gasteiger partial charge in [-0.1, -0.05) is 27.7 Å². The molecule has 0 aliphatic rings. The summed E-state index contributed by atoms with van der Waals surface area (Å²) >= 11 is 0. The van der Waals surface area contributed by atoms with Gasteiger partial charge in [-0.2, -0.15) is 5.26 Å². The first-order valence-electron chi connectivity index (χ1n) is 7.39. The molecule has 0 aliphatic carbocycles. The summed E-state index contributed by atoms with van der Waals surface area (Å²) in [7, 11) is 0. The zero-order valence-corrected chi connectivity index (χ0v) is 13.2. The number of rotatable bonds is 7. The molecular weight excluding hydrogens is 266 g/mol. The smallest absolute Gasteiger partial charge is 0.289 e. The van der Waals surface area contributed by atoms with Crippen molar-refractivity contribution in [2.24, 2.45) is 5.92 Å². The minimum absolute atomic E-state index is 0.109. The molecule has 5 nitrogen and oxygen atoms in total. The van der Waals surface area contributed by atoms with E-state index in [0.717, 1.165) is 25.1 Å². The van der Waals surface area contributed by atoms with Crippen molar-refractivity contribution in [1.29, 1.82) is 5.26 Å². The summed E-state index contributed by atoms with van der Waals surface area (Å²) in [6.45, 7) is 9.36. The third kappa shape index (κ3) is 4.19. The SMILES string of the molecule is CCC(CC)N(CC(C)C)c1ccc(C#N)c([N+](=O)[O-])c1. The number of nitro benzene ring substituents is 1. The molecule has 0 amide bonds. The van der Waals surface area contributed by atoms with Crippen LogP contribution in [-0.4, -0.2) is 17.5 Å². The highest BCUT2D eigenvalue weighted by Crippen LogP contribution is 2.28. The van der Waals surface area contributed by atoms with Crippen molar-refractivity contribution in [3.63, 3.8) is 0 Å². The third-order valence-electron chi connectivity index (χ3n) is 3.58. The van der Waals surface area contributed by atoms with E-state index in [2.05, 4.69) is 32.6 Å². The lowest BCUT2D eigenvalue weighted by atomic mass is 10.0. The monoisotopic (exact) mass is 289 g/mol. The van der Waals surface area contributed by atoms with E-state index in [-0.39, 0.29) is 11.3 Å². The zero-order chi connectivity index (χ0) is 16.0. The van der Waals surface area contributed by atoms with Crippen molar-refractivity contribution in [2.75, 3.05) is 11.4 Å². The average Bonchev–Trinajstić information content (AvgIpc) is 2.46. The molecule has 0 bridgehead atoms. The van der Waals surface area contributed by atoms with Crippen LogP contribution in [0.3, 0.4) is 0 Å². The van der Waals surface area contributed by atoms with Gasteiger partial charge in [0.05, 0.1) is 4.92 Å². The Hall–Kier alpha value is -2.09.